The number of nitrogens with one attached hydrogen (secondary N) is 1. The molecule has 0 aliphatic heterocycles. The third-order valence-corrected chi connectivity index (χ3v) is 3.10. The summed E-state index contributed by atoms with van der Waals surface area (Å²) in [6.45, 7) is 0. The van der Waals surface area contributed by atoms with Gasteiger partial charge in [-0.1, -0.05) is 6.07 Å². The van der Waals surface area contributed by atoms with Crippen molar-refractivity contribution in [1.82, 2.24) is 4.98 Å². The van der Waals surface area contributed by atoms with Crippen molar-refractivity contribution in [2.45, 2.75) is 0 Å². The van der Waals surface area contributed by atoms with Crippen LogP contribution >= 0.6 is 15.9 Å². The maximum atomic E-state index is 5.27. The quantitative estimate of drug-likeness (QED) is 0.672. The molecule has 0 aliphatic carbocycles. The Kier molecular flexibility index (Phi) is 4.95. The number of rotatable bonds is 5. The van der Waals surface area contributed by atoms with E-state index in [1.54, 1.807) is 26.6 Å². The molecule has 0 amide bonds. The average molecular weight is 336 g/mol. The van der Waals surface area contributed by atoms with Gasteiger partial charge in [0, 0.05) is 6.20 Å². The smallest absolute Gasteiger partial charge is 0.174 e. The molecule has 104 valence electrons. The third kappa shape index (κ3) is 3.48. The lowest BCUT2D eigenvalue weighted by molar-refractivity contribution is 0.353. The summed E-state index contributed by atoms with van der Waals surface area (Å²) in [5.74, 6) is 1.98. The zero-order chi connectivity index (χ0) is 14.4. The van der Waals surface area contributed by atoms with E-state index in [4.69, 9.17) is 9.47 Å². The predicted octanol–water partition coefficient (Wildman–Crippen LogP) is 3.31. The van der Waals surface area contributed by atoms with Crippen molar-refractivity contribution in [2.75, 3.05) is 19.6 Å². The number of aromatic nitrogens is 1. The molecule has 1 N–H and O–H groups in total. The molecular weight excluding hydrogens is 322 g/mol. The molecule has 1 aromatic heterocycles. The van der Waals surface area contributed by atoms with Gasteiger partial charge in [-0.2, -0.15) is 5.10 Å². The Hall–Kier alpha value is -2.08. The number of methoxy groups -OCH3 is 2. The fourth-order valence-electron chi connectivity index (χ4n) is 1.61. The molecule has 0 bridgehead atoms. The van der Waals surface area contributed by atoms with Gasteiger partial charge in [0.05, 0.1) is 24.9 Å². The second kappa shape index (κ2) is 6.91. The normalized spacial score (nSPS) is 10.6. The Bertz CT molecular complexity index is 603. The van der Waals surface area contributed by atoms with Crippen LogP contribution in [0.3, 0.4) is 0 Å². The van der Waals surface area contributed by atoms with Crippen LogP contribution in [0, 0.1) is 0 Å². The number of hydrazone groups is 1. The predicted molar refractivity (Wildman–Crippen MR) is 82.7 cm³/mol. The van der Waals surface area contributed by atoms with E-state index in [0.29, 0.717) is 17.3 Å². The zero-order valence-corrected chi connectivity index (χ0v) is 12.7. The number of halogens is 1. The topological polar surface area (TPSA) is 55.7 Å². The lowest BCUT2D eigenvalue weighted by Gasteiger charge is -2.10. The van der Waals surface area contributed by atoms with E-state index in [2.05, 4.69) is 31.4 Å². The molecule has 5 nitrogen and oxygen atoms in total. The second-order valence-electron chi connectivity index (χ2n) is 3.82. The molecule has 0 unspecified atom stereocenters. The highest BCUT2D eigenvalue weighted by Gasteiger charge is 2.09. The molecule has 1 heterocycles. The summed E-state index contributed by atoms with van der Waals surface area (Å²) in [7, 11) is 3.19. The van der Waals surface area contributed by atoms with Crippen molar-refractivity contribution in [3.8, 4) is 11.5 Å². The highest BCUT2D eigenvalue weighted by Crippen LogP contribution is 2.35. The zero-order valence-electron chi connectivity index (χ0n) is 11.1. The van der Waals surface area contributed by atoms with E-state index >= 15 is 0 Å². The van der Waals surface area contributed by atoms with Crippen LogP contribution in [0.1, 0.15) is 5.56 Å². The number of benzene rings is 1. The van der Waals surface area contributed by atoms with Crippen LogP contribution in [-0.4, -0.2) is 25.4 Å². The summed E-state index contributed by atoms with van der Waals surface area (Å²) in [6, 6.07) is 9.30. The van der Waals surface area contributed by atoms with Crippen LogP contribution < -0.4 is 14.9 Å². The third-order valence-electron chi connectivity index (χ3n) is 2.51. The molecule has 0 saturated heterocycles. The van der Waals surface area contributed by atoms with Gasteiger partial charge in [-0.15, -0.1) is 0 Å². The molecule has 2 aromatic rings. The van der Waals surface area contributed by atoms with Crippen LogP contribution in [0.2, 0.25) is 0 Å². The Morgan fingerprint density at radius 1 is 1.25 bits per heavy atom. The molecule has 6 heteroatoms. The van der Waals surface area contributed by atoms with Crippen LogP contribution in [0.15, 0.2) is 46.1 Å². The van der Waals surface area contributed by atoms with Crippen molar-refractivity contribution in [3.63, 3.8) is 0 Å². The van der Waals surface area contributed by atoms with Crippen molar-refractivity contribution >= 4 is 28.0 Å². The molecule has 1 aromatic carbocycles. The first-order valence-corrected chi connectivity index (χ1v) is 6.65. The van der Waals surface area contributed by atoms with Gasteiger partial charge in [0.2, 0.25) is 0 Å². The summed E-state index contributed by atoms with van der Waals surface area (Å²) in [6.07, 6.45) is 3.38. The number of pyridine rings is 1. The van der Waals surface area contributed by atoms with Crippen LogP contribution in [-0.2, 0) is 0 Å². The molecular formula is C14H14BrN3O2. The van der Waals surface area contributed by atoms with E-state index in [1.807, 2.05) is 30.3 Å². The maximum Gasteiger partial charge on any atom is 0.174 e. The molecule has 0 atom stereocenters. The summed E-state index contributed by atoms with van der Waals surface area (Å²) in [5.41, 5.74) is 3.72. The minimum Gasteiger partial charge on any atom is -0.493 e. The van der Waals surface area contributed by atoms with Crippen molar-refractivity contribution < 1.29 is 9.47 Å². The van der Waals surface area contributed by atoms with Gasteiger partial charge in [-0.05, 0) is 45.8 Å². The number of hydrogen-bond acceptors (Lipinski definition) is 5. The van der Waals surface area contributed by atoms with Crippen LogP contribution in [0.5, 0.6) is 11.5 Å². The Labute approximate surface area is 125 Å². The maximum absolute atomic E-state index is 5.27. The van der Waals surface area contributed by atoms with Gasteiger partial charge in [0.15, 0.2) is 11.5 Å². The van der Waals surface area contributed by atoms with Gasteiger partial charge in [-0.3, -0.25) is 5.43 Å². The Morgan fingerprint density at radius 2 is 2.10 bits per heavy atom. The molecule has 20 heavy (non-hydrogen) atoms. The first-order valence-electron chi connectivity index (χ1n) is 5.86. The SMILES string of the molecule is COc1cc(/C=N/Nc2ccccn2)cc(Br)c1OC. The standard InChI is InChI=1S/C14H14BrN3O2/c1-19-12-8-10(7-11(15)14(12)20-2)9-17-18-13-5-3-4-6-16-13/h3-9H,1-2H3,(H,16,18)/b17-9+. The van der Waals surface area contributed by atoms with Gasteiger partial charge < -0.3 is 9.47 Å². The number of anilines is 1. The first kappa shape index (κ1) is 14.3. The van der Waals surface area contributed by atoms with E-state index in [0.717, 1.165) is 10.0 Å². The van der Waals surface area contributed by atoms with Crippen LogP contribution in [0.4, 0.5) is 5.82 Å². The summed E-state index contributed by atoms with van der Waals surface area (Å²) in [5, 5.41) is 4.13. The highest BCUT2D eigenvalue weighted by atomic mass is 79.9. The second-order valence-corrected chi connectivity index (χ2v) is 4.68. The van der Waals surface area contributed by atoms with E-state index in [9.17, 15) is 0 Å². The molecule has 0 radical (unpaired) electrons. The van der Waals surface area contributed by atoms with E-state index in [-0.39, 0.29) is 0 Å². The Balaban J connectivity index is 2.15. The summed E-state index contributed by atoms with van der Waals surface area (Å²) < 4.78 is 11.3. The lowest BCUT2D eigenvalue weighted by atomic mass is 10.2. The van der Waals surface area contributed by atoms with E-state index < -0.39 is 0 Å². The minimum absolute atomic E-state index is 0.640. The number of hydrogen-bond donors (Lipinski definition) is 1. The lowest BCUT2D eigenvalue weighted by Crippen LogP contribution is -1.95. The van der Waals surface area contributed by atoms with Crippen molar-refractivity contribution in [1.29, 1.82) is 0 Å². The molecule has 0 spiro atoms. The largest absolute Gasteiger partial charge is 0.493 e. The fraction of sp³-hybridized carbons (Fsp3) is 0.143. The monoisotopic (exact) mass is 335 g/mol. The van der Waals surface area contributed by atoms with Gasteiger partial charge in [0.25, 0.3) is 0 Å². The summed E-state index contributed by atoms with van der Waals surface area (Å²) in [4.78, 5) is 4.11. The number of nitrogens with zero attached hydrogens (tertiary/aromatic N) is 2. The molecule has 2 rings (SSSR count). The van der Waals surface area contributed by atoms with Gasteiger partial charge in [-0.25, -0.2) is 4.98 Å². The highest BCUT2D eigenvalue weighted by molar-refractivity contribution is 9.10. The van der Waals surface area contributed by atoms with E-state index in [1.165, 1.54) is 0 Å². The molecule has 0 aliphatic rings. The van der Waals surface area contributed by atoms with Crippen LogP contribution in [0.25, 0.3) is 0 Å². The summed E-state index contributed by atoms with van der Waals surface area (Å²) >= 11 is 3.44. The van der Waals surface area contributed by atoms with Crippen molar-refractivity contribution in [3.05, 3.63) is 46.6 Å². The molecule has 0 saturated carbocycles. The molecule has 0 fully saturated rings. The fourth-order valence-corrected chi connectivity index (χ4v) is 2.24. The first-order chi connectivity index (χ1) is 9.74. The average Bonchev–Trinajstić information content (AvgIpc) is 2.47. The van der Waals surface area contributed by atoms with Gasteiger partial charge >= 0.3 is 0 Å². The minimum atomic E-state index is 0.640. The van der Waals surface area contributed by atoms with Crippen molar-refractivity contribution in [2.24, 2.45) is 5.10 Å². The number of ether oxygens (including phenoxy) is 2. The van der Waals surface area contributed by atoms with Gasteiger partial charge in [0.1, 0.15) is 5.82 Å². The Morgan fingerprint density at radius 3 is 2.75 bits per heavy atom.